The normalized spacial score (nSPS) is 19.6. The molecule has 1 aliphatic carbocycles. The number of para-hydroxylation sites is 2. The second-order valence-electron chi connectivity index (χ2n) is 9.76. The number of benzene rings is 1. The molecule has 2 N–H and O–H groups in total. The van der Waals surface area contributed by atoms with Gasteiger partial charge in [-0.15, -0.1) is 0 Å². The number of amides is 2. The SMILES string of the molecule is CN(CC#N)C(=O)NC1CCC(Nc2nc(N3CCOCC3)cc(-n3c(C(F)F)nc4ccccc43)n2)CC1. The first kappa shape index (κ1) is 26.6. The van der Waals surface area contributed by atoms with Crippen LogP contribution in [0.15, 0.2) is 30.3 Å². The first-order valence-electron chi connectivity index (χ1n) is 13.1. The molecule has 206 valence electrons. The predicted octanol–water partition coefficient (Wildman–Crippen LogP) is 3.48. The fraction of sp³-hybridized carbons (Fsp3) is 0.500. The molecule has 3 heterocycles. The number of anilines is 2. The third-order valence-corrected chi connectivity index (χ3v) is 7.09. The van der Waals surface area contributed by atoms with Crippen molar-refractivity contribution in [1.29, 1.82) is 5.26 Å². The predicted molar refractivity (Wildman–Crippen MR) is 141 cm³/mol. The largest absolute Gasteiger partial charge is 0.378 e. The number of halogens is 2. The van der Waals surface area contributed by atoms with E-state index in [1.807, 2.05) is 6.07 Å². The lowest BCUT2D eigenvalue weighted by Crippen LogP contribution is -2.45. The van der Waals surface area contributed by atoms with E-state index in [9.17, 15) is 13.6 Å². The van der Waals surface area contributed by atoms with E-state index in [1.165, 1.54) is 9.47 Å². The molecule has 1 saturated heterocycles. The van der Waals surface area contributed by atoms with Crippen molar-refractivity contribution in [3.8, 4) is 11.9 Å². The van der Waals surface area contributed by atoms with Gasteiger partial charge in [0.05, 0.1) is 30.3 Å². The van der Waals surface area contributed by atoms with Gasteiger partial charge in [0.2, 0.25) is 5.95 Å². The summed E-state index contributed by atoms with van der Waals surface area (Å²) in [5, 5.41) is 15.2. The lowest BCUT2D eigenvalue weighted by atomic mass is 9.91. The zero-order chi connectivity index (χ0) is 27.4. The Morgan fingerprint density at radius 1 is 1.13 bits per heavy atom. The van der Waals surface area contributed by atoms with Crippen LogP contribution in [-0.2, 0) is 4.74 Å². The summed E-state index contributed by atoms with van der Waals surface area (Å²) in [4.78, 5) is 29.2. The van der Waals surface area contributed by atoms with E-state index < -0.39 is 6.43 Å². The van der Waals surface area contributed by atoms with E-state index in [-0.39, 0.29) is 30.5 Å². The molecule has 2 aromatic heterocycles. The van der Waals surface area contributed by atoms with Gasteiger partial charge in [0.15, 0.2) is 5.82 Å². The number of fused-ring (bicyclic) bond motifs is 1. The van der Waals surface area contributed by atoms with Crippen molar-refractivity contribution >= 4 is 28.8 Å². The molecule has 2 amide bonds. The molecule has 2 aliphatic rings. The van der Waals surface area contributed by atoms with E-state index in [2.05, 4.69) is 25.5 Å². The lowest BCUT2D eigenvalue weighted by Gasteiger charge is -2.31. The number of urea groups is 1. The summed E-state index contributed by atoms with van der Waals surface area (Å²) >= 11 is 0. The highest BCUT2D eigenvalue weighted by molar-refractivity contribution is 5.78. The molecule has 1 aromatic carbocycles. The zero-order valence-corrected chi connectivity index (χ0v) is 21.7. The Morgan fingerprint density at radius 3 is 2.54 bits per heavy atom. The minimum Gasteiger partial charge on any atom is -0.378 e. The number of hydrogen-bond acceptors (Lipinski definition) is 8. The van der Waals surface area contributed by atoms with Gasteiger partial charge in [0.25, 0.3) is 6.43 Å². The summed E-state index contributed by atoms with van der Waals surface area (Å²) in [7, 11) is 1.59. The molecule has 1 saturated carbocycles. The monoisotopic (exact) mass is 539 g/mol. The van der Waals surface area contributed by atoms with E-state index >= 15 is 0 Å². The second-order valence-corrected chi connectivity index (χ2v) is 9.76. The van der Waals surface area contributed by atoms with Gasteiger partial charge in [-0.25, -0.2) is 18.6 Å². The number of nitriles is 1. The van der Waals surface area contributed by atoms with Gasteiger partial charge in [-0.2, -0.15) is 15.2 Å². The molecule has 5 rings (SSSR count). The second kappa shape index (κ2) is 11.8. The average Bonchev–Trinajstić information content (AvgIpc) is 3.35. The van der Waals surface area contributed by atoms with Crippen molar-refractivity contribution < 1.29 is 18.3 Å². The van der Waals surface area contributed by atoms with Crippen LogP contribution in [0.3, 0.4) is 0 Å². The topological polar surface area (TPSA) is 124 Å². The highest BCUT2D eigenvalue weighted by Crippen LogP contribution is 2.30. The van der Waals surface area contributed by atoms with Crippen LogP contribution in [0, 0.1) is 11.3 Å². The van der Waals surface area contributed by atoms with Crippen LogP contribution in [0.25, 0.3) is 16.9 Å². The third kappa shape index (κ3) is 6.01. The van der Waals surface area contributed by atoms with Crippen molar-refractivity contribution in [2.45, 2.75) is 44.2 Å². The minimum atomic E-state index is -2.78. The maximum atomic E-state index is 14.1. The number of imidazole rings is 1. The van der Waals surface area contributed by atoms with E-state index in [1.54, 1.807) is 37.4 Å². The number of nitrogens with one attached hydrogen (secondary N) is 2. The lowest BCUT2D eigenvalue weighted by molar-refractivity contribution is 0.122. The van der Waals surface area contributed by atoms with Gasteiger partial charge in [-0.3, -0.25) is 4.57 Å². The van der Waals surface area contributed by atoms with Gasteiger partial charge in [0.1, 0.15) is 18.2 Å². The maximum Gasteiger partial charge on any atom is 0.318 e. The average molecular weight is 540 g/mol. The zero-order valence-electron chi connectivity index (χ0n) is 21.7. The number of aromatic nitrogens is 4. The van der Waals surface area contributed by atoms with E-state index in [0.717, 1.165) is 25.7 Å². The molecular weight excluding hydrogens is 508 g/mol. The molecular formula is C26H31F2N9O2. The van der Waals surface area contributed by atoms with Crippen molar-refractivity contribution in [1.82, 2.24) is 29.7 Å². The number of nitrogens with zero attached hydrogens (tertiary/aromatic N) is 7. The Kier molecular flexibility index (Phi) is 8.02. The Morgan fingerprint density at radius 2 is 1.82 bits per heavy atom. The molecule has 0 radical (unpaired) electrons. The number of ether oxygens (including phenoxy) is 1. The first-order valence-corrected chi connectivity index (χ1v) is 13.1. The van der Waals surface area contributed by atoms with Crippen LogP contribution in [0.4, 0.5) is 25.3 Å². The molecule has 0 atom stereocenters. The highest BCUT2D eigenvalue weighted by atomic mass is 19.3. The smallest absolute Gasteiger partial charge is 0.318 e. The number of alkyl halides is 2. The van der Waals surface area contributed by atoms with E-state index in [0.29, 0.717) is 54.9 Å². The molecule has 13 heteroatoms. The molecule has 3 aromatic rings. The number of carbonyl (C=O) groups excluding carboxylic acids is 1. The summed E-state index contributed by atoms with van der Waals surface area (Å²) in [6.45, 7) is 2.40. The summed E-state index contributed by atoms with van der Waals surface area (Å²) in [5.74, 6) is 0.935. The summed E-state index contributed by atoms with van der Waals surface area (Å²) < 4.78 is 35.1. The van der Waals surface area contributed by atoms with Crippen LogP contribution in [0.2, 0.25) is 0 Å². The van der Waals surface area contributed by atoms with Crippen LogP contribution in [0.5, 0.6) is 0 Å². The quantitative estimate of drug-likeness (QED) is 0.438. The van der Waals surface area contributed by atoms with Crippen LogP contribution in [0.1, 0.15) is 37.9 Å². The fourth-order valence-electron chi connectivity index (χ4n) is 5.01. The standard InChI is InChI=1S/C26H31F2N9O2/c1-35(11-10-29)26(38)31-18-8-6-17(7-9-18)30-25-33-21(36-12-14-39-15-13-36)16-22(34-25)37-20-5-3-2-4-19(20)32-24(37)23(27)28/h2-5,16-18,23H,6-9,11-15H2,1H3,(H,31,38)(H,30,33,34). The van der Waals surface area contributed by atoms with Gasteiger partial charge < -0.3 is 25.2 Å². The van der Waals surface area contributed by atoms with Crippen LogP contribution >= 0.6 is 0 Å². The molecule has 2 fully saturated rings. The molecule has 0 spiro atoms. The minimum absolute atomic E-state index is 0.0127. The Balaban J connectivity index is 1.39. The molecule has 39 heavy (non-hydrogen) atoms. The van der Waals surface area contributed by atoms with Crippen LogP contribution < -0.4 is 15.5 Å². The van der Waals surface area contributed by atoms with Gasteiger partial charge in [-0.1, -0.05) is 12.1 Å². The first-order chi connectivity index (χ1) is 18.9. The van der Waals surface area contributed by atoms with Crippen molar-refractivity contribution in [3.63, 3.8) is 0 Å². The fourth-order valence-corrected chi connectivity index (χ4v) is 5.01. The molecule has 0 bridgehead atoms. The van der Waals surface area contributed by atoms with Crippen molar-refractivity contribution in [2.24, 2.45) is 0 Å². The van der Waals surface area contributed by atoms with Gasteiger partial charge >= 0.3 is 6.03 Å². The summed E-state index contributed by atoms with van der Waals surface area (Å²) in [6, 6.07) is 10.5. The van der Waals surface area contributed by atoms with Crippen LogP contribution in [-0.4, -0.2) is 82.4 Å². The molecule has 1 aliphatic heterocycles. The number of carbonyl (C=O) groups is 1. The van der Waals surface area contributed by atoms with Gasteiger partial charge in [-0.05, 0) is 37.8 Å². The van der Waals surface area contributed by atoms with Gasteiger partial charge in [0, 0.05) is 38.3 Å². The highest BCUT2D eigenvalue weighted by Gasteiger charge is 2.26. The Bertz CT molecular complexity index is 1340. The third-order valence-electron chi connectivity index (χ3n) is 7.09. The maximum absolute atomic E-state index is 14.1. The Labute approximate surface area is 224 Å². The number of hydrogen-bond donors (Lipinski definition) is 2. The van der Waals surface area contributed by atoms with Crippen molar-refractivity contribution in [2.75, 3.05) is 50.1 Å². The van der Waals surface area contributed by atoms with Crippen molar-refractivity contribution in [3.05, 3.63) is 36.2 Å². The summed E-state index contributed by atoms with van der Waals surface area (Å²) in [5.41, 5.74) is 1.01. The number of morpholine rings is 1. The molecule has 0 unspecified atom stereocenters. The number of rotatable bonds is 7. The molecule has 11 nitrogen and oxygen atoms in total. The van der Waals surface area contributed by atoms with E-state index in [4.69, 9.17) is 15.0 Å². The Hall–Kier alpha value is -4.05. The summed E-state index contributed by atoms with van der Waals surface area (Å²) in [6.07, 6.45) is 0.254.